The van der Waals surface area contributed by atoms with Gasteiger partial charge in [-0.2, -0.15) is 0 Å². The molecule has 0 aliphatic carbocycles. The Labute approximate surface area is 161 Å². The van der Waals surface area contributed by atoms with E-state index in [0.717, 1.165) is 56.1 Å². The molecular formula is C22H28N4O. The van der Waals surface area contributed by atoms with E-state index in [4.69, 9.17) is 4.98 Å². The lowest BCUT2D eigenvalue weighted by Crippen LogP contribution is -2.49. The molecule has 1 spiro atoms. The van der Waals surface area contributed by atoms with Crippen LogP contribution in [0, 0.1) is 26.2 Å². The summed E-state index contributed by atoms with van der Waals surface area (Å²) >= 11 is 0. The van der Waals surface area contributed by atoms with Crippen molar-refractivity contribution in [2.24, 2.45) is 5.41 Å². The number of benzene rings is 1. The van der Waals surface area contributed by atoms with E-state index in [1.165, 1.54) is 11.1 Å². The summed E-state index contributed by atoms with van der Waals surface area (Å²) in [6.07, 6.45) is 4.76. The van der Waals surface area contributed by atoms with Crippen LogP contribution in [0.3, 0.4) is 0 Å². The number of anilines is 1. The molecule has 2 aliphatic heterocycles. The Bertz CT molecular complexity index is 865. The van der Waals surface area contributed by atoms with Crippen LogP contribution in [-0.4, -0.2) is 40.4 Å². The molecule has 0 radical (unpaired) electrons. The quantitative estimate of drug-likeness (QED) is 0.837. The molecule has 1 amide bonds. The average Bonchev–Trinajstić information content (AvgIpc) is 3.06. The minimum absolute atomic E-state index is 0.264. The Kier molecular flexibility index (Phi) is 4.62. The summed E-state index contributed by atoms with van der Waals surface area (Å²) in [4.78, 5) is 26.9. The van der Waals surface area contributed by atoms with Crippen LogP contribution in [0.2, 0.25) is 0 Å². The van der Waals surface area contributed by atoms with E-state index >= 15 is 0 Å². The van der Waals surface area contributed by atoms with E-state index in [-0.39, 0.29) is 5.41 Å². The number of likely N-dealkylation sites (tertiary alicyclic amines) is 1. The SMILES string of the molecule is Cc1cccc(CN2CCCC3(CCN(c4nc(C)cnc4C)C3)C2=O)c1. The third kappa shape index (κ3) is 3.43. The number of carbonyl (C=O) groups excluding carboxylic acids is 1. The number of rotatable bonds is 3. The molecule has 0 N–H and O–H groups in total. The van der Waals surface area contributed by atoms with Crippen LogP contribution in [0.25, 0.3) is 0 Å². The predicted molar refractivity (Wildman–Crippen MR) is 107 cm³/mol. The molecule has 1 unspecified atom stereocenters. The van der Waals surface area contributed by atoms with Crippen molar-refractivity contribution in [2.75, 3.05) is 24.5 Å². The molecule has 5 heteroatoms. The van der Waals surface area contributed by atoms with Crippen molar-refractivity contribution >= 4 is 11.7 Å². The molecule has 2 aliphatic rings. The Balaban J connectivity index is 1.53. The van der Waals surface area contributed by atoms with Gasteiger partial charge in [-0.15, -0.1) is 0 Å². The first kappa shape index (κ1) is 18.0. The number of nitrogens with zero attached hydrogens (tertiary/aromatic N) is 4. The zero-order chi connectivity index (χ0) is 19.0. The Hall–Kier alpha value is -2.43. The summed E-state index contributed by atoms with van der Waals surface area (Å²) in [6.45, 7) is 9.28. The number of carbonyl (C=O) groups is 1. The van der Waals surface area contributed by atoms with Gasteiger partial charge in [0.15, 0.2) is 0 Å². The first-order valence-corrected chi connectivity index (χ1v) is 9.87. The summed E-state index contributed by atoms with van der Waals surface area (Å²) in [7, 11) is 0. The van der Waals surface area contributed by atoms with Crippen molar-refractivity contribution in [1.29, 1.82) is 0 Å². The molecule has 0 saturated carbocycles. The Morgan fingerprint density at radius 3 is 2.81 bits per heavy atom. The highest BCUT2D eigenvalue weighted by Gasteiger charge is 2.48. The fourth-order valence-corrected chi connectivity index (χ4v) is 4.59. The lowest BCUT2D eigenvalue weighted by molar-refractivity contribution is -0.145. The highest BCUT2D eigenvalue weighted by molar-refractivity contribution is 5.85. The first-order chi connectivity index (χ1) is 13.0. The van der Waals surface area contributed by atoms with Crippen molar-refractivity contribution in [3.05, 3.63) is 53.0 Å². The summed E-state index contributed by atoms with van der Waals surface area (Å²) in [5.41, 5.74) is 4.06. The van der Waals surface area contributed by atoms with Gasteiger partial charge in [-0.25, -0.2) is 4.98 Å². The van der Waals surface area contributed by atoms with Gasteiger partial charge in [-0.05, 0) is 45.6 Å². The van der Waals surface area contributed by atoms with Crippen LogP contribution in [0.4, 0.5) is 5.82 Å². The highest BCUT2D eigenvalue weighted by atomic mass is 16.2. The average molecular weight is 364 g/mol. The van der Waals surface area contributed by atoms with Crippen LogP contribution in [0.5, 0.6) is 0 Å². The van der Waals surface area contributed by atoms with E-state index in [9.17, 15) is 4.79 Å². The maximum atomic E-state index is 13.4. The van der Waals surface area contributed by atoms with Gasteiger partial charge in [-0.1, -0.05) is 29.8 Å². The van der Waals surface area contributed by atoms with Gasteiger partial charge in [0.1, 0.15) is 5.82 Å². The molecule has 2 fully saturated rings. The first-order valence-electron chi connectivity index (χ1n) is 9.87. The van der Waals surface area contributed by atoms with Crippen LogP contribution in [0.1, 0.15) is 41.8 Å². The lowest BCUT2D eigenvalue weighted by Gasteiger charge is -2.39. The fourth-order valence-electron chi connectivity index (χ4n) is 4.59. The second-order valence-electron chi connectivity index (χ2n) is 8.19. The van der Waals surface area contributed by atoms with Gasteiger partial charge in [-0.3, -0.25) is 9.78 Å². The topological polar surface area (TPSA) is 49.3 Å². The predicted octanol–water partition coefficient (Wildman–Crippen LogP) is 3.42. The van der Waals surface area contributed by atoms with Gasteiger partial charge in [0.2, 0.25) is 5.91 Å². The monoisotopic (exact) mass is 364 g/mol. The van der Waals surface area contributed by atoms with Crippen LogP contribution in [0.15, 0.2) is 30.5 Å². The largest absolute Gasteiger partial charge is 0.354 e. The molecule has 1 atom stereocenters. The molecule has 5 nitrogen and oxygen atoms in total. The molecule has 2 saturated heterocycles. The normalized spacial score (nSPS) is 22.7. The van der Waals surface area contributed by atoms with E-state index in [0.29, 0.717) is 12.5 Å². The molecule has 0 bridgehead atoms. The van der Waals surface area contributed by atoms with Crippen LogP contribution >= 0.6 is 0 Å². The third-order valence-corrected chi connectivity index (χ3v) is 5.98. The summed E-state index contributed by atoms with van der Waals surface area (Å²) < 4.78 is 0. The zero-order valence-corrected chi connectivity index (χ0v) is 16.5. The molecule has 142 valence electrons. The number of aromatic nitrogens is 2. The number of hydrogen-bond acceptors (Lipinski definition) is 4. The zero-order valence-electron chi connectivity index (χ0n) is 16.5. The Morgan fingerprint density at radius 2 is 2.00 bits per heavy atom. The number of hydrogen-bond donors (Lipinski definition) is 0. The number of piperidine rings is 1. The Morgan fingerprint density at radius 1 is 1.15 bits per heavy atom. The second kappa shape index (κ2) is 6.95. The van der Waals surface area contributed by atoms with Gasteiger partial charge in [0, 0.05) is 32.4 Å². The van der Waals surface area contributed by atoms with E-state index in [1.807, 2.05) is 13.8 Å². The molecule has 27 heavy (non-hydrogen) atoms. The lowest BCUT2D eigenvalue weighted by atomic mass is 9.78. The minimum Gasteiger partial charge on any atom is -0.354 e. The van der Waals surface area contributed by atoms with Gasteiger partial charge in [0.25, 0.3) is 0 Å². The van der Waals surface area contributed by atoms with Crippen LogP contribution in [-0.2, 0) is 11.3 Å². The van der Waals surface area contributed by atoms with Gasteiger partial charge in [0.05, 0.1) is 16.8 Å². The molecule has 3 heterocycles. The number of aryl methyl sites for hydroxylation is 3. The van der Waals surface area contributed by atoms with Gasteiger partial charge >= 0.3 is 0 Å². The van der Waals surface area contributed by atoms with Crippen molar-refractivity contribution in [3.8, 4) is 0 Å². The highest BCUT2D eigenvalue weighted by Crippen LogP contribution is 2.42. The van der Waals surface area contributed by atoms with E-state index < -0.39 is 0 Å². The van der Waals surface area contributed by atoms with Gasteiger partial charge < -0.3 is 9.80 Å². The molecule has 1 aromatic heterocycles. The van der Waals surface area contributed by atoms with E-state index in [1.54, 1.807) is 6.20 Å². The molecule has 4 rings (SSSR count). The van der Waals surface area contributed by atoms with E-state index in [2.05, 4.69) is 46.0 Å². The maximum absolute atomic E-state index is 13.4. The molecule has 2 aromatic rings. The second-order valence-corrected chi connectivity index (χ2v) is 8.19. The van der Waals surface area contributed by atoms with Crippen molar-refractivity contribution in [2.45, 2.75) is 46.6 Å². The maximum Gasteiger partial charge on any atom is 0.230 e. The van der Waals surface area contributed by atoms with Crippen molar-refractivity contribution in [1.82, 2.24) is 14.9 Å². The minimum atomic E-state index is -0.264. The number of amides is 1. The summed E-state index contributed by atoms with van der Waals surface area (Å²) in [6, 6.07) is 8.48. The standard InChI is InChI=1S/C22H28N4O/c1-16-6-4-7-19(12-16)14-25-10-5-8-22(21(25)27)9-11-26(15-22)20-18(3)23-13-17(2)24-20/h4,6-7,12-13H,5,8-11,14-15H2,1-3H3. The van der Waals surface area contributed by atoms with Crippen LogP contribution < -0.4 is 4.90 Å². The third-order valence-electron chi connectivity index (χ3n) is 5.98. The smallest absolute Gasteiger partial charge is 0.230 e. The van der Waals surface area contributed by atoms with Crippen molar-refractivity contribution < 1.29 is 4.79 Å². The summed E-state index contributed by atoms with van der Waals surface area (Å²) in [5.74, 6) is 1.26. The molecular weight excluding hydrogens is 336 g/mol. The summed E-state index contributed by atoms with van der Waals surface area (Å²) in [5, 5.41) is 0. The fraction of sp³-hybridized carbons (Fsp3) is 0.500. The molecule has 1 aromatic carbocycles. The van der Waals surface area contributed by atoms with Crippen molar-refractivity contribution in [3.63, 3.8) is 0 Å².